The zero-order valence-corrected chi connectivity index (χ0v) is 17.0. The van der Waals surface area contributed by atoms with Gasteiger partial charge in [0.15, 0.2) is 12.2 Å². The van der Waals surface area contributed by atoms with Crippen LogP contribution in [-0.2, 0) is 16.1 Å². The number of nitrogens with two attached hydrogens (primary N) is 1. The van der Waals surface area contributed by atoms with Crippen molar-refractivity contribution in [2.45, 2.75) is 51.9 Å². The van der Waals surface area contributed by atoms with Gasteiger partial charge in [0.2, 0.25) is 11.8 Å². The van der Waals surface area contributed by atoms with E-state index in [-0.39, 0.29) is 30.7 Å². The number of amides is 2. The Morgan fingerprint density at radius 2 is 2.03 bits per heavy atom. The predicted molar refractivity (Wildman–Crippen MR) is 107 cm³/mol. The standard InChI is InChI=1S/C21H28N4O4/c1-12(2)18(22)21(28)25-10-16(26)8-17(25)20(27)23-9-14-4-6-15(7-5-14)19-13(3)24-11-29-19/h4-7,11-12,16-18,26H,8-10,22H2,1-3H3,(H,23,27)/t16-,17+,18+/m1/s1. The fraction of sp³-hybridized carbons (Fsp3) is 0.476. The molecule has 2 aromatic rings. The van der Waals surface area contributed by atoms with Gasteiger partial charge in [-0.3, -0.25) is 9.59 Å². The lowest BCUT2D eigenvalue weighted by molar-refractivity contribution is -0.140. The van der Waals surface area contributed by atoms with E-state index in [1.807, 2.05) is 45.0 Å². The topological polar surface area (TPSA) is 122 Å². The largest absolute Gasteiger partial charge is 0.443 e. The molecule has 1 saturated heterocycles. The quantitative estimate of drug-likeness (QED) is 0.670. The van der Waals surface area contributed by atoms with Gasteiger partial charge in [0.1, 0.15) is 6.04 Å². The third-order valence-corrected chi connectivity index (χ3v) is 5.30. The average molecular weight is 400 g/mol. The van der Waals surface area contributed by atoms with Gasteiger partial charge in [-0.05, 0) is 18.4 Å². The highest BCUT2D eigenvalue weighted by Crippen LogP contribution is 2.23. The number of aromatic nitrogens is 1. The van der Waals surface area contributed by atoms with Crippen LogP contribution in [0, 0.1) is 12.8 Å². The first kappa shape index (κ1) is 21.0. The van der Waals surface area contributed by atoms with Crippen molar-refractivity contribution < 1.29 is 19.1 Å². The second-order valence-electron chi connectivity index (χ2n) is 7.85. The van der Waals surface area contributed by atoms with Crippen LogP contribution >= 0.6 is 0 Å². The maximum absolute atomic E-state index is 12.7. The molecule has 1 aliphatic heterocycles. The molecule has 2 heterocycles. The van der Waals surface area contributed by atoms with Crippen molar-refractivity contribution in [1.29, 1.82) is 0 Å². The van der Waals surface area contributed by atoms with E-state index in [0.717, 1.165) is 22.6 Å². The molecule has 0 spiro atoms. The Morgan fingerprint density at radius 1 is 1.34 bits per heavy atom. The summed E-state index contributed by atoms with van der Waals surface area (Å²) in [6.07, 6.45) is 0.901. The monoisotopic (exact) mass is 400 g/mol. The lowest BCUT2D eigenvalue weighted by Gasteiger charge is -2.27. The Bertz CT molecular complexity index is 862. The lowest BCUT2D eigenvalue weighted by Crippen LogP contribution is -2.52. The number of likely N-dealkylation sites (tertiary alicyclic amines) is 1. The highest BCUT2D eigenvalue weighted by Gasteiger charge is 2.40. The number of carbonyl (C=O) groups is 2. The fourth-order valence-electron chi connectivity index (χ4n) is 3.44. The van der Waals surface area contributed by atoms with Gasteiger partial charge < -0.3 is 25.5 Å². The molecule has 0 bridgehead atoms. The summed E-state index contributed by atoms with van der Waals surface area (Å²) >= 11 is 0. The van der Waals surface area contributed by atoms with Crippen LogP contribution in [0.5, 0.6) is 0 Å². The van der Waals surface area contributed by atoms with Crippen LogP contribution in [0.15, 0.2) is 35.1 Å². The second-order valence-corrected chi connectivity index (χ2v) is 7.85. The number of aliphatic hydroxyl groups is 1. The summed E-state index contributed by atoms with van der Waals surface area (Å²) < 4.78 is 5.38. The predicted octanol–water partition coefficient (Wildman–Crippen LogP) is 1.21. The zero-order valence-electron chi connectivity index (χ0n) is 17.0. The molecule has 1 aliphatic rings. The minimum Gasteiger partial charge on any atom is -0.443 e. The normalized spacial score (nSPS) is 20.1. The molecule has 0 unspecified atom stereocenters. The zero-order chi connectivity index (χ0) is 21.1. The molecule has 0 radical (unpaired) electrons. The van der Waals surface area contributed by atoms with E-state index < -0.39 is 18.2 Å². The van der Waals surface area contributed by atoms with Crippen LogP contribution in [0.2, 0.25) is 0 Å². The Kier molecular flexibility index (Phi) is 6.34. The van der Waals surface area contributed by atoms with E-state index in [4.69, 9.17) is 10.2 Å². The number of nitrogens with zero attached hydrogens (tertiary/aromatic N) is 2. The number of hydrogen-bond donors (Lipinski definition) is 3. The molecule has 3 rings (SSSR count). The molecule has 8 heteroatoms. The third-order valence-electron chi connectivity index (χ3n) is 5.30. The van der Waals surface area contributed by atoms with Gasteiger partial charge in [0.25, 0.3) is 0 Å². The highest BCUT2D eigenvalue weighted by molar-refractivity contribution is 5.90. The van der Waals surface area contributed by atoms with Gasteiger partial charge in [-0.15, -0.1) is 0 Å². The number of β-amino-alcohol motifs (C(OH)–C–C–N with tert-alkyl or cyclic N) is 1. The summed E-state index contributed by atoms with van der Waals surface area (Å²) in [7, 11) is 0. The summed E-state index contributed by atoms with van der Waals surface area (Å²) in [6, 6.07) is 6.22. The summed E-state index contributed by atoms with van der Waals surface area (Å²) in [5.41, 5.74) is 8.60. The van der Waals surface area contributed by atoms with Crippen molar-refractivity contribution in [3.63, 3.8) is 0 Å². The molecular formula is C21H28N4O4. The van der Waals surface area contributed by atoms with E-state index in [0.29, 0.717) is 6.54 Å². The minimum absolute atomic E-state index is 0.0459. The molecule has 1 aromatic carbocycles. The maximum atomic E-state index is 12.7. The van der Waals surface area contributed by atoms with E-state index >= 15 is 0 Å². The van der Waals surface area contributed by atoms with Gasteiger partial charge in [0.05, 0.1) is 17.8 Å². The molecule has 0 saturated carbocycles. The molecule has 156 valence electrons. The van der Waals surface area contributed by atoms with Crippen molar-refractivity contribution in [2.75, 3.05) is 6.54 Å². The van der Waals surface area contributed by atoms with E-state index in [1.54, 1.807) is 0 Å². The molecule has 4 N–H and O–H groups in total. The molecular weight excluding hydrogens is 372 g/mol. The molecule has 29 heavy (non-hydrogen) atoms. The second kappa shape index (κ2) is 8.75. The Balaban J connectivity index is 1.62. The van der Waals surface area contributed by atoms with Crippen LogP contribution in [0.1, 0.15) is 31.5 Å². The first-order valence-corrected chi connectivity index (χ1v) is 9.79. The van der Waals surface area contributed by atoms with Crippen molar-refractivity contribution in [2.24, 2.45) is 11.7 Å². The number of oxazole rings is 1. The number of hydrogen-bond acceptors (Lipinski definition) is 6. The van der Waals surface area contributed by atoms with Crippen LogP contribution < -0.4 is 11.1 Å². The number of nitrogens with one attached hydrogen (secondary N) is 1. The van der Waals surface area contributed by atoms with Crippen LogP contribution in [0.4, 0.5) is 0 Å². The smallest absolute Gasteiger partial charge is 0.243 e. The number of carbonyl (C=O) groups excluding carboxylic acids is 2. The average Bonchev–Trinajstić information content (AvgIpc) is 3.30. The molecule has 1 aromatic heterocycles. The van der Waals surface area contributed by atoms with Crippen molar-refractivity contribution in [3.05, 3.63) is 41.9 Å². The number of aryl methyl sites for hydroxylation is 1. The van der Waals surface area contributed by atoms with Crippen molar-refractivity contribution in [1.82, 2.24) is 15.2 Å². The van der Waals surface area contributed by atoms with E-state index in [9.17, 15) is 14.7 Å². The number of benzene rings is 1. The number of aliphatic hydroxyl groups excluding tert-OH is 1. The van der Waals surface area contributed by atoms with Crippen LogP contribution in [0.3, 0.4) is 0 Å². The highest BCUT2D eigenvalue weighted by atomic mass is 16.3. The van der Waals surface area contributed by atoms with E-state index in [1.165, 1.54) is 11.3 Å². The van der Waals surface area contributed by atoms with Gasteiger partial charge in [-0.25, -0.2) is 4.98 Å². The van der Waals surface area contributed by atoms with Crippen molar-refractivity contribution in [3.8, 4) is 11.3 Å². The van der Waals surface area contributed by atoms with Gasteiger partial charge in [0, 0.05) is 25.1 Å². The summed E-state index contributed by atoms with van der Waals surface area (Å²) in [5, 5.41) is 12.8. The van der Waals surface area contributed by atoms with Crippen LogP contribution in [-0.4, -0.2) is 51.5 Å². The Hall–Kier alpha value is -2.71. The molecule has 0 aliphatic carbocycles. The summed E-state index contributed by atoms with van der Waals surface area (Å²) in [4.78, 5) is 30.8. The third kappa shape index (κ3) is 4.65. The molecule has 2 amide bonds. The maximum Gasteiger partial charge on any atom is 0.243 e. The molecule has 1 fully saturated rings. The minimum atomic E-state index is -0.724. The Morgan fingerprint density at radius 3 is 2.62 bits per heavy atom. The van der Waals surface area contributed by atoms with Crippen molar-refractivity contribution >= 4 is 11.8 Å². The summed E-state index contributed by atoms with van der Waals surface area (Å²) in [5.74, 6) is 0.0798. The molecule has 3 atom stereocenters. The van der Waals surface area contributed by atoms with E-state index in [2.05, 4.69) is 10.3 Å². The summed E-state index contributed by atoms with van der Waals surface area (Å²) in [6.45, 7) is 6.03. The first-order chi connectivity index (χ1) is 13.8. The molecule has 8 nitrogen and oxygen atoms in total. The van der Waals surface area contributed by atoms with Gasteiger partial charge in [-0.1, -0.05) is 38.1 Å². The van der Waals surface area contributed by atoms with Crippen LogP contribution in [0.25, 0.3) is 11.3 Å². The lowest BCUT2D eigenvalue weighted by atomic mass is 10.0. The Labute approximate surface area is 170 Å². The number of rotatable bonds is 6. The van der Waals surface area contributed by atoms with Gasteiger partial charge >= 0.3 is 0 Å². The van der Waals surface area contributed by atoms with Gasteiger partial charge in [-0.2, -0.15) is 0 Å². The fourth-order valence-corrected chi connectivity index (χ4v) is 3.44. The SMILES string of the molecule is Cc1ncoc1-c1ccc(CNC(=O)[C@@H]2C[C@@H](O)CN2C(=O)[C@@H](N)C(C)C)cc1. The first-order valence-electron chi connectivity index (χ1n) is 9.79.